The summed E-state index contributed by atoms with van der Waals surface area (Å²) < 4.78 is 31.5. The standard InChI is InChI=1S/C35H40FN5O4/c1-23(2)44-31-7-4-24(12-33(31)43-3)19-39-8-10-40(11-9-39)27-15-35(16-27)21-41(22-35)26-6-5-25(20-42)32(13-26)45-28-14-29-30(36)18-38-34(29)37-17-28/h4-7,12-14,17-18,20,23,27H,8-11,15-16,19,21-22H2,1-3H3,(H,37,38). The minimum Gasteiger partial charge on any atom is -0.493 e. The molecule has 3 aliphatic rings. The zero-order valence-electron chi connectivity index (χ0n) is 26.1. The van der Waals surface area contributed by atoms with Crippen LogP contribution < -0.4 is 19.1 Å². The molecule has 0 radical (unpaired) electrons. The van der Waals surface area contributed by atoms with Gasteiger partial charge in [-0.15, -0.1) is 0 Å². The zero-order valence-corrected chi connectivity index (χ0v) is 26.1. The summed E-state index contributed by atoms with van der Waals surface area (Å²) in [4.78, 5) is 26.3. The molecule has 4 aromatic rings. The number of hydrogen-bond acceptors (Lipinski definition) is 8. The Morgan fingerprint density at radius 2 is 1.84 bits per heavy atom. The highest BCUT2D eigenvalue weighted by atomic mass is 19.1. The number of aromatic amines is 1. The number of ether oxygens (including phenoxy) is 3. The van der Waals surface area contributed by atoms with Crippen LogP contribution in [-0.4, -0.2) is 84.6 Å². The Balaban J connectivity index is 0.904. The van der Waals surface area contributed by atoms with Gasteiger partial charge in [-0.05, 0) is 62.6 Å². The summed E-state index contributed by atoms with van der Waals surface area (Å²) in [6.07, 6.45) is 6.14. The Labute approximate surface area is 262 Å². The number of halogens is 1. The molecule has 0 atom stereocenters. The van der Waals surface area contributed by atoms with Crippen molar-refractivity contribution in [2.45, 2.75) is 45.4 Å². The fraction of sp³-hybridized carbons (Fsp3) is 0.429. The lowest BCUT2D eigenvalue weighted by Crippen LogP contribution is -2.68. The number of piperazine rings is 1. The monoisotopic (exact) mass is 613 g/mol. The number of aldehydes is 1. The largest absolute Gasteiger partial charge is 0.493 e. The number of nitrogens with zero attached hydrogens (tertiary/aromatic N) is 4. The number of hydrogen-bond donors (Lipinski definition) is 1. The molecule has 1 saturated carbocycles. The van der Waals surface area contributed by atoms with E-state index in [0.29, 0.717) is 39.6 Å². The summed E-state index contributed by atoms with van der Waals surface area (Å²) in [5.41, 5.74) is 3.54. The topological polar surface area (TPSA) is 83.2 Å². The molecular weight excluding hydrogens is 573 g/mol. The molecule has 0 bridgehead atoms. The molecule has 1 N–H and O–H groups in total. The van der Waals surface area contributed by atoms with E-state index in [1.807, 2.05) is 32.0 Å². The lowest BCUT2D eigenvalue weighted by Gasteiger charge is -2.62. The number of fused-ring (bicyclic) bond motifs is 1. The Morgan fingerprint density at radius 1 is 1.04 bits per heavy atom. The van der Waals surface area contributed by atoms with Crippen molar-refractivity contribution in [2.75, 3.05) is 51.3 Å². The molecule has 3 fully saturated rings. The van der Waals surface area contributed by atoms with Crippen LogP contribution in [0.2, 0.25) is 0 Å². The molecule has 2 aromatic heterocycles. The number of pyridine rings is 1. The van der Waals surface area contributed by atoms with Gasteiger partial charge in [-0.25, -0.2) is 9.37 Å². The predicted molar refractivity (Wildman–Crippen MR) is 171 cm³/mol. The number of H-pyrrole nitrogens is 1. The highest BCUT2D eigenvalue weighted by Crippen LogP contribution is 2.52. The maximum absolute atomic E-state index is 14.1. The van der Waals surface area contributed by atoms with Gasteiger partial charge in [0.15, 0.2) is 17.8 Å². The van der Waals surface area contributed by atoms with E-state index < -0.39 is 5.82 Å². The molecular formula is C35H40FN5O4. The van der Waals surface area contributed by atoms with Crippen LogP contribution in [0.3, 0.4) is 0 Å². The van der Waals surface area contributed by atoms with E-state index >= 15 is 0 Å². The van der Waals surface area contributed by atoms with Gasteiger partial charge < -0.3 is 24.1 Å². The van der Waals surface area contributed by atoms with E-state index in [4.69, 9.17) is 14.2 Å². The highest BCUT2D eigenvalue weighted by molar-refractivity contribution is 5.82. The van der Waals surface area contributed by atoms with Crippen LogP contribution in [0.4, 0.5) is 10.1 Å². The Kier molecular flexibility index (Phi) is 7.87. The molecule has 0 unspecified atom stereocenters. The smallest absolute Gasteiger partial charge is 0.161 e. The average molecular weight is 614 g/mol. The van der Waals surface area contributed by atoms with E-state index in [-0.39, 0.29) is 6.10 Å². The molecule has 1 aliphatic carbocycles. The third-order valence-corrected chi connectivity index (χ3v) is 9.48. The van der Waals surface area contributed by atoms with Gasteiger partial charge >= 0.3 is 0 Å². The lowest BCUT2D eigenvalue weighted by molar-refractivity contribution is -0.0380. The maximum Gasteiger partial charge on any atom is 0.161 e. The van der Waals surface area contributed by atoms with Crippen LogP contribution in [0.5, 0.6) is 23.0 Å². The molecule has 236 valence electrons. The molecule has 10 heteroatoms. The molecule has 1 spiro atoms. The van der Waals surface area contributed by atoms with Crippen LogP contribution in [0.25, 0.3) is 11.0 Å². The number of carbonyl (C=O) groups is 1. The van der Waals surface area contributed by atoms with Gasteiger partial charge in [0.25, 0.3) is 0 Å². The van der Waals surface area contributed by atoms with Crippen molar-refractivity contribution < 1.29 is 23.4 Å². The van der Waals surface area contributed by atoms with Crippen molar-refractivity contribution in [1.29, 1.82) is 0 Å². The third kappa shape index (κ3) is 5.96. The molecule has 2 saturated heterocycles. The van der Waals surface area contributed by atoms with E-state index in [1.165, 1.54) is 30.8 Å². The van der Waals surface area contributed by atoms with E-state index in [0.717, 1.165) is 69.3 Å². The van der Waals surface area contributed by atoms with Crippen molar-refractivity contribution in [3.63, 3.8) is 0 Å². The van der Waals surface area contributed by atoms with Crippen LogP contribution in [0.1, 0.15) is 42.6 Å². The van der Waals surface area contributed by atoms with Gasteiger partial charge in [-0.3, -0.25) is 14.6 Å². The van der Waals surface area contributed by atoms with Crippen molar-refractivity contribution in [3.05, 3.63) is 71.8 Å². The van der Waals surface area contributed by atoms with Gasteiger partial charge in [-0.2, -0.15) is 0 Å². The Morgan fingerprint density at radius 3 is 2.58 bits per heavy atom. The van der Waals surface area contributed by atoms with Crippen LogP contribution in [-0.2, 0) is 6.54 Å². The Bertz CT molecular complexity index is 1680. The minimum atomic E-state index is -0.390. The normalized spacial score (nSPS) is 18.6. The molecule has 7 rings (SSSR count). The molecule has 45 heavy (non-hydrogen) atoms. The van der Waals surface area contributed by atoms with Gasteiger partial charge in [0, 0.05) is 75.2 Å². The van der Waals surface area contributed by atoms with Gasteiger partial charge in [0.05, 0.1) is 30.4 Å². The number of anilines is 1. The lowest BCUT2D eigenvalue weighted by atomic mass is 9.60. The summed E-state index contributed by atoms with van der Waals surface area (Å²) in [6, 6.07) is 14.2. The van der Waals surface area contributed by atoms with Crippen LogP contribution in [0, 0.1) is 11.2 Å². The highest BCUT2D eigenvalue weighted by Gasteiger charge is 2.54. The van der Waals surface area contributed by atoms with Crippen LogP contribution >= 0.6 is 0 Å². The number of carbonyl (C=O) groups excluding carboxylic acids is 1. The maximum atomic E-state index is 14.1. The average Bonchev–Trinajstić information content (AvgIpc) is 3.37. The van der Waals surface area contributed by atoms with Gasteiger partial charge in [0.2, 0.25) is 0 Å². The SMILES string of the molecule is COc1cc(CN2CCN(C3CC4(C3)CN(c3ccc(C=O)c(Oc5cnc6[nH]cc(F)c6c5)c3)C4)CC2)ccc1OC(C)C. The fourth-order valence-electron chi connectivity index (χ4n) is 7.15. The van der Waals surface area contributed by atoms with E-state index in [9.17, 15) is 9.18 Å². The summed E-state index contributed by atoms with van der Waals surface area (Å²) in [5.74, 6) is 2.03. The quantitative estimate of drug-likeness (QED) is 0.222. The van der Waals surface area contributed by atoms with E-state index in [2.05, 4.69) is 36.8 Å². The zero-order chi connectivity index (χ0) is 31.1. The first kappa shape index (κ1) is 29.6. The number of methoxy groups -OCH3 is 1. The number of benzene rings is 2. The van der Waals surface area contributed by atoms with Gasteiger partial charge in [-0.1, -0.05) is 6.07 Å². The van der Waals surface area contributed by atoms with Crippen molar-refractivity contribution in [3.8, 4) is 23.0 Å². The minimum absolute atomic E-state index is 0.109. The summed E-state index contributed by atoms with van der Waals surface area (Å²) in [6.45, 7) is 11.3. The second-order valence-corrected chi connectivity index (χ2v) is 13.0. The van der Waals surface area contributed by atoms with Crippen molar-refractivity contribution in [2.24, 2.45) is 5.41 Å². The second kappa shape index (κ2) is 12.0. The van der Waals surface area contributed by atoms with Gasteiger partial charge in [0.1, 0.15) is 23.0 Å². The summed E-state index contributed by atoms with van der Waals surface area (Å²) in [7, 11) is 1.70. The molecule has 4 heterocycles. The molecule has 2 aliphatic heterocycles. The van der Waals surface area contributed by atoms with E-state index in [1.54, 1.807) is 19.2 Å². The summed E-state index contributed by atoms with van der Waals surface area (Å²) >= 11 is 0. The molecule has 2 aromatic carbocycles. The summed E-state index contributed by atoms with van der Waals surface area (Å²) in [5, 5.41) is 0.352. The molecule has 0 amide bonds. The first-order valence-electron chi connectivity index (χ1n) is 15.8. The molecule has 9 nitrogen and oxygen atoms in total. The van der Waals surface area contributed by atoms with Crippen molar-refractivity contribution in [1.82, 2.24) is 19.8 Å². The Hall–Kier alpha value is -4.15. The fourth-order valence-corrected chi connectivity index (χ4v) is 7.15. The number of nitrogens with one attached hydrogen (secondary N) is 1. The number of rotatable bonds is 10. The first-order valence-corrected chi connectivity index (χ1v) is 15.8. The predicted octanol–water partition coefficient (Wildman–Crippen LogP) is 5.89. The van der Waals surface area contributed by atoms with Crippen LogP contribution in [0.15, 0.2) is 54.9 Å². The first-order chi connectivity index (χ1) is 21.8. The third-order valence-electron chi connectivity index (χ3n) is 9.48. The van der Waals surface area contributed by atoms with Crippen molar-refractivity contribution >= 4 is 23.0 Å². The number of aromatic nitrogens is 2. The second-order valence-electron chi connectivity index (χ2n) is 13.0.